The van der Waals surface area contributed by atoms with Crippen LogP contribution in [0.3, 0.4) is 0 Å². The quantitative estimate of drug-likeness (QED) is 0.871. The van der Waals surface area contributed by atoms with Crippen molar-refractivity contribution in [3.63, 3.8) is 0 Å². The van der Waals surface area contributed by atoms with Crippen molar-refractivity contribution in [2.45, 2.75) is 13.3 Å². The normalized spacial score (nSPS) is 21.8. The third-order valence-electron chi connectivity index (χ3n) is 3.10. The Morgan fingerprint density at radius 3 is 2.47 bits per heavy atom. The Bertz CT molecular complexity index is 431. The molecule has 1 aliphatic rings. The van der Waals surface area contributed by atoms with Gasteiger partial charge in [-0.1, -0.05) is 6.92 Å². The fourth-order valence-corrected chi connectivity index (χ4v) is 1.84. The topological polar surface area (TPSA) is 47.6 Å². The smallest absolute Gasteiger partial charge is 0.227 e. The molecule has 1 aliphatic carbocycles. The summed E-state index contributed by atoms with van der Waals surface area (Å²) in [7, 11) is 3.16. The van der Waals surface area contributed by atoms with Crippen molar-refractivity contribution in [1.29, 1.82) is 0 Å². The van der Waals surface area contributed by atoms with Gasteiger partial charge in [0.15, 0.2) is 11.5 Å². The number of amides is 1. The number of hydrogen-bond acceptors (Lipinski definition) is 3. The first-order chi connectivity index (χ1) is 8.15. The molecule has 1 N–H and O–H groups in total. The predicted molar refractivity (Wildman–Crippen MR) is 65.4 cm³/mol. The maximum atomic E-state index is 11.8. The molecular weight excluding hydrogens is 218 g/mol. The molecule has 0 aliphatic heterocycles. The van der Waals surface area contributed by atoms with E-state index < -0.39 is 0 Å². The van der Waals surface area contributed by atoms with Crippen molar-refractivity contribution in [2.24, 2.45) is 11.8 Å². The molecule has 0 aromatic heterocycles. The Balaban J connectivity index is 2.08. The summed E-state index contributed by atoms with van der Waals surface area (Å²) in [4.78, 5) is 11.8. The lowest BCUT2D eigenvalue weighted by molar-refractivity contribution is -0.117. The van der Waals surface area contributed by atoms with Crippen molar-refractivity contribution in [1.82, 2.24) is 0 Å². The molecule has 1 saturated carbocycles. The number of hydrogen-bond donors (Lipinski definition) is 1. The van der Waals surface area contributed by atoms with Crippen LogP contribution in [-0.2, 0) is 4.79 Å². The SMILES string of the molecule is COc1ccc(NC(=O)[C@H]2C[C@H]2C)cc1OC. The summed E-state index contributed by atoms with van der Waals surface area (Å²) in [6, 6.07) is 5.36. The number of benzene rings is 1. The molecule has 2 atom stereocenters. The molecule has 4 heteroatoms. The van der Waals surface area contributed by atoms with Crippen LogP contribution in [0, 0.1) is 11.8 Å². The number of anilines is 1. The van der Waals surface area contributed by atoms with E-state index in [-0.39, 0.29) is 11.8 Å². The zero-order chi connectivity index (χ0) is 12.4. The number of rotatable bonds is 4. The molecule has 0 bridgehead atoms. The van der Waals surface area contributed by atoms with Gasteiger partial charge in [-0.2, -0.15) is 0 Å². The van der Waals surface area contributed by atoms with E-state index in [2.05, 4.69) is 12.2 Å². The van der Waals surface area contributed by atoms with Crippen LogP contribution in [0.2, 0.25) is 0 Å². The Labute approximate surface area is 101 Å². The number of methoxy groups -OCH3 is 2. The molecule has 1 aromatic rings. The Hall–Kier alpha value is -1.71. The van der Waals surface area contributed by atoms with Gasteiger partial charge in [0, 0.05) is 17.7 Å². The second-order valence-corrected chi connectivity index (χ2v) is 4.38. The van der Waals surface area contributed by atoms with E-state index in [4.69, 9.17) is 9.47 Å². The van der Waals surface area contributed by atoms with E-state index in [1.807, 2.05) is 6.07 Å². The highest BCUT2D eigenvalue weighted by atomic mass is 16.5. The van der Waals surface area contributed by atoms with Crippen LogP contribution in [0.25, 0.3) is 0 Å². The molecule has 17 heavy (non-hydrogen) atoms. The minimum Gasteiger partial charge on any atom is -0.493 e. The van der Waals surface area contributed by atoms with Crippen LogP contribution in [-0.4, -0.2) is 20.1 Å². The van der Waals surface area contributed by atoms with Gasteiger partial charge in [0.05, 0.1) is 14.2 Å². The second kappa shape index (κ2) is 4.65. The molecule has 2 rings (SSSR count). The van der Waals surface area contributed by atoms with Crippen molar-refractivity contribution >= 4 is 11.6 Å². The Kier molecular flexibility index (Phi) is 3.22. The highest BCUT2D eigenvalue weighted by Crippen LogP contribution is 2.39. The number of nitrogens with one attached hydrogen (secondary N) is 1. The van der Waals surface area contributed by atoms with Crippen molar-refractivity contribution < 1.29 is 14.3 Å². The fourth-order valence-electron chi connectivity index (χ4n) is 1.84. The molecule has 1 aromatic carbocycles. The average molecular weight is 235 g/mol. The van der Waals surface area contributed by atoms with Crippen molar-refractivity contribution in [3.05, 3.63) is 18.2 Å². The van der Waals surface area contributed by atoms with E-state index in [9.17, 15) is 4.79 Å². The number of ether oxygens (including phenoxy) is 2. The minimum atomic E-state index is 0.0877. The molecule has 4 nitrogen and oxygen atoms in total. The summed E-state index contributed by atoms with van der Waals surface area (Å²) in [5.41, 5.74) is 0.742. The predicted octanol–water partition coefficient (Wildman–Crippen LogP) is 2.30. The van der Waals surface area contributed by atoms with E-state index in [0.717, 1.165) is 12.1 Å². The Morgan fingerprint density at radius 2 is 1.94 bits per heavy atom. The highest BCUT2D eigenvalue weighted by Gasteiger charge is 2.39. The summed E-state index contributed by atoms with van der Waals surface area (Å²) in [6.07, 6.45) is 0.985. The molecule has 0 saturated heterocycles. The summed E-state index contributed by atoms with van der Waals surface area (Å²) < 4.78 is 10.3. The second-order valence-electron chi connectivity index (χ2n) is 4.38. The third kappa shape index (κ3) is 2.52. The number of carbonyl (C=O) groups excluding carboxylic acids is 1. The van der Waals surface area contributed by atoms with E-state index in [1.54, 1.807) is 26.4 Å². The van der Waals surface area contributed by atoms with E-state index in [1.165, 1.54) is 0 Å². The lowest BCUT2D eigenvalue weighted by Gasteiger charge is -2.10. The largest absolute Gasteiger partial charge is 0.493 e. The van der Waals surface area contributed by atoms with Crippen LogP contribution < -0.4 is 14.8 Å². The van der Waals surface area contributed by atoms with Crippen LogP contribution >= 0.6 is 0 Å². The molecule has 0 spiro atoms. The molecule has 0 radical (unpaired) electrons. The average Bonchev–Trinajstić information content (AvgIpc) is 3.06. The fraction of sp³-hybridized carbons (Fsp3) is 0.462. The maximum absolute atomic E-state index is 11.8. The van der Waals surface area contributed by atoms with Gasteiger partial charge < -0.3 is 14.8 Å². The van der Waals surface area contributed by atoms with Gasteiger partial charge in [0.2, 0.25) is 5.91 Å². The minimum absolute atomic E-state index is 0.0877. The molecule has 92 valence electrons. The zero-order valence-electron chi connectivity index (χ0n) is 10.3. The van der Waals surface area contributed by atoms with Gasteiger partial charge in [0.25, 0.3) is 0 Å². The van der Waals surface area contributed by atoms with Gasteiger partial charge in [0.1, 0.15) is 0 Å². The maximum Gasteiger partial charge on any atom is 0.227 e. The first-order valence-corrected chi connectivity index (χ1v) is 5.68. The van der Waals surface area contributed by atoms with Gasteiger partial charge in [-0.15, -0.1) is 0 Å². The van der Waals surface area contributed by atoms with Crippen LogP contribution in [0.15, 0.2) is 18.2 Å². The first-order valence-electron chi connectivity index (χ1n) is 5.68. The van der Waals surface area contributed by atoms with Crippen LogP contribution in [0.4, 0.5) is 5.69 Å². The summed E-state index contributed by atoms with van der Waals surface area (Å²) in [5, 5.41) is 2.89. The highest BCUT2D eigenvalue weighted by molar-refractivity contribution is 5.94. The van der Waals surface area contributed by atoms with Gasteiger partial charge in [-0.05, 0) is 24.5 Å². The van der Waals surface area contributed by atoms with Gasteiger partial charge in [-0.3, -0.25) is 4.79 Å². The van der Waals surface area contributed by atoms with E-state index >= 15 is 0 Å². The van der Waals surface area contributed by atoms with Crippen molar-refractivity contribution in [3.8, 4) is 11.5 Å². The summed E-state index contributed by atoms with van der Waals surface area (Å²) in [5.74, 6) is 2.04. The lowest BCUT2D eigenvalue weighted by Crippen LogP contribution is -2.14. The van der Waals surface area contributed by atoms with Crippen molar-refractivity contribution in [2.75, 3.05) is 19.5 Å². The van der Waals surface area contributed by atoms with E-state index in [0.29, 0.717) is 17.4 Å². The first kappa shape index (κ1) is 11.8. The zero-order valence-corrected chi connectivity index (χ0v) is 10.3. The lowest BCUT2D eigenvalue weighted by atomic mass is 10.2. The van der Waals surface area contributed by atoms with Crippen LogP contribution in [0.1, 0.15) is 13.3 Å². The summed E-state index contributed by atoms with van der Waals surface area (Å²) in [6.45, 7) is 2.08. The van der Waals surface area contributed by atoms with Gasteiger partial charge in [-0.25, -0.2) is 0 Å². The standard InChI is InChI=1S/C13H17NO3/c1-8-6-10(8)13(15)14-9-4-5-11(16-2)12(7-9)17-3/h4-5,7-8,10H,6H2,1-3H3,(H,14,15)/t8-,10+/m1/s1. The molecule has 0 heterocycles. The monoisotopic (exact) mass is 235 g/mol. The molecule has 0 unspecified atom stereocenters. The molecule has 1 fully saturated rings. The van der Waals surface area contributed by atoms with Gasteiger partial charge >= 0.3 is 0 Å². The summed E-state index contributed by atoms with van der Waals surface area (Å²) >= 11 is 0. The Morgan fingerprint density at radius 1 is 1.29 bits per heavy atom. The molecular formula is C13H17NO3. The van der Waals surface area contributed by atoms with Crippen LogP contribution in [0.5, 0.6) is 11.5 Å². The number of carbonyl (C=O) groups is 1. The molecule has 1 amide bonds. The third-order valence-corrected chi connectivity index (χ3v) is 3.10.